The maximum atomic E-state index is 11.9. The van der Waals surface area contributed by atoms with Crippen LogP contribution in [0.4, 0.5) is 16.2 Å². The molecule has 0 aliphatic carbocycles. The maximum absolute atomic E-state index is 11.9. The quantitative estimate of drug-likeness (QED) is 0.727. The van der Waals surface area contributed by atoms with E-state index in [1.165, 1.54) is 0 Å². The molecule has 1 saturated heterocycles. The van der Waals surface area contributed by atoms with Crippen molar-refractivity contribution >= 4 is 23.1 Å². The van der Waals surface area contributed by atoms with Crippen molar-refractivity contribution in [2.45, 2.75) is 19.9 Å². The molecule has 28 heavy (non-hydrogen) atoms. The first-order valence-corrected chi connectivity index (χ1v) is 9.45. The number of nitrogens with one attached hydrogen (secondary N) is 2. The minimum atomic E-state index is -0.213. The summed E-state index contributed by atoms with van der Waals surface area (Å²) in [6.45, 7) is 6.94. The number of benzene rings is 1. The van der Waals surface area contributed by atoms with Gasteiger partial charge in [-0.25, -0.2) is 14.3 Å². The first kappa shape index (κ1) is 18.2. The Kier molecular flexibility index (Phi) is 5.12. The number of imidazole rings is 1. The summed E-state index contributed by atoms with van der Waals surface area (Å²) in [5.41, 5.74) is 4.45. The number of nitrogens with zero attached hydrogens (tertiary/aromatic N) is 4. The highest BCUT2D eigenvalue weighted by atomic mass is 16.5. The molecule has 3 aromatic rings. The van der Waals surface area contributed by atoms with Gasteiger partial charge in [-0.2, -0.15) is 5.10 Å². The van der Waals surface area contributed by atoms with Gasteiger partial charge < -0.3 is 20.3 Å². The van der Waals surface area contributed by atoms with Gasteiger partial charge in [-0.05, 0) is 32.0 Å². The van der Waals surface area contributed by atoms with E-state index in [1.807, 2.05) is 48.8 Å². The average Bonchev–Trinajstić information content (AvgIpc) is 3.16. The summed E-state index contributed by atoms with van der Waals surface area (Å²) in [4.78, 5) is 18.6. The molecule has 4 rings (SSSR count). The Morgan fingerprint density at radius 3 is 2.64 bits per heavy atom. The van der Waals surface area contributed by atoms with Crippen LogP contribution in [0.5, 0.6) is 0 Å². The summed E-state index contributed by atoms with van der Waals surface area (Å²) in [6, 6.07) is 9.62. The molecular formula is C20H24N6O2. The fraction of sp³-hybridized carbons (Fsp3) is 0.350. The average molecular weight is 380 g/mol. The number of rotatable bonds is 4. The second-order valence-corrected chi connectivity index (χ2v) is 7.04. The number of fused-ring (bicyclic) bond motifs is 1. The van der Waals surface area contributed by atoms with Crippen LogP contribution in [0.25, 0.3) is 16.9 Å². The van der Waals surface area contributed by atoms with Crippen molar-refractivity contribution in [2.75, 3.05) is 36.5 Å². The van der Waals surface area contributed by atoms with Crippen molar-refractivity contribution in [3.8, 4) is 11.3 Å². The lowest BCUT2D eigenvalue weighted by molar-refractivity contribution is 0.123. The Labute approximate surface area is 163 Å². The predicted octanol–water partition coefficient (Wildman–Crippen LogP) is 2.76. The Morgan fingerprint density at radius 1 is 1.18 bits per heavy atom. The molecule has 0 atom stereocenters. The second kappa shape index (κ2) is 7.85. The van der Waals surface area contributed by atoms with Gasteiger partial charge in [-0.15, -0.1) is 0 Å². The van der Waals surface area contributed by atoms with E-state index in [1.54, 1.807) is 6.20 Å². The molecule has 0 saturated carbocycles. The highest BCUT2D eigenvalue weighted by Gasteiger charge is 2.17. The number of hydrogen-bond donors (Lipinski definition) is 2. The van der Waals surface area contributed by atoms with Gasteiger partial charge in [0.1, 0.15) is 0 Å². The van der Waals surface area contributed by atoms with Gasteiger partial charge in [0.25, 0.3) is 0 Å². The fourth-order valence-corrected chi connectivity index (χ4v) is 3.23. The van der Waals surface area contributed by atoms with E-state index in [0.717, 1.165) is 41.4 Å². The Hall–Kier alpha value is -3.13. The molecule has 2 N–H and O–H groups in total. The first-order chi connectivity index (χ1) is 13.6. The standard InChI is InChI=1S/C20H24N6O2/c1-14(2)22-20(27)23-16-5-3-15(4-6-16)17-13-18(25-9-11-28-12-10-25)19-21-7-8-26(19)24-17/h3-8,13-14H,9-12H2,1-2H3,(H2,22,23,27). The fourth-order valence-electron chi connectivity index (χ4n) is 3.23. The van der Waals surface area contributed by atoms with Gasteiger partial charge in [-0.3, -0.25) is 0 Å². The van der Waals surface area contributed by atoms with E-state index >= 15 is 0 Å². The molecule has 1 aliphatic rings. The summed E-state index contributed by atoms with van der Waals surface area (Å²) in [5.74, 6) is 0. The summed E-state index contributed by atoms with van der Waals surface area (Å²) in [5, 5.41) is 10.3. The number of urea groups is 1. The zero-order valence-corrected chi connectivity index (χ0v) is 16.1. The van der Waals surface area contributed by atoms with Crippen LogP contribution in [0.3, 0.4) is 0 Å². The molecular weight excluding hydrogens is 356 g/mol. The lowest BCUT2D eigenvalue weighted by Crippen LogP contribution is -2.36. The lowest BCUT2D eigenvalue weighted by atomic mass is 10.1. The minimum Gasteiger partial charge on any atom is -0.378 e. The topological polar surface area (TPSA) is 83.8 Å². The first-order valence-electron chi connectivity index (χ1n) is 9.45. The molecule has 0 unspecified atom stereocenters. The molecule has 1 fully saturated rings. The number of carbonyl (C=O) groups is 1. The van der Waals surface area contributed by atoms with E-state index in [4.69, 9.17) is 4.74 Å². The van der Waals surface area contributed by atoms with Gasteiger partial charge in [0.2, 0.25) is 0 Å². The molecule has 2 aromatic heterocycles. The number of amides is 2. The third kappa shape index (κ3) is 3.91. The van der Waals surface area contributed by atoms with Crippen molar-refractivity contribution in [1.82, 2.24) is 19.9 Å². The molecule has 146 valence electrons. The molecule has 8 heteroatoms. The van der Waals surface area contributed by atoms with Crippen LogP contribution in [-0.2, 0) is 4.74 Å². The van der Waals surface area contributed by atoms with Crippen LogP contribution in [0.15, 0.2) is 42.7 Å². The van der Waals surface area contributed by atoms with Gasteiger partial charge in [0, 0.05) is 42.8 Å². The zero-order chi connectivity index (χ0) is 19.5. The van der Waals surface area contributed by atoms with Gasteiger partial charge >= 0.3 is 6.03 Å². The molecule has 2 amide bonds. The molecule has 3 heterocycles. The summed E-state index contributed by atoms with van der Waals surface area (Å²) >= 11 is 0. The van der Waals surface area contributed by atoms with Crippen molar-refractivity contribution in [3.05, 3.63) is 42.7 Å². The third-order valence-corrected chi connectivity index (χ3v) is 4.55. The normalized spacial score (nSPS) is 14.5. The van der Waals surface area contributed by atoms with Gasteiger partial charge in [-0.1, -0.05) is 12.1 Å². The van der Waals surface area contributed by atoms with Crippen molar-refractivity contribution in [3.63, 3.8) is 0 Å². The Balaban J connectivity index is 1.61. The molecule has 0 spiro atoms. The lowest BCUT2D eigenvalue weighted by Gasteiger charge is -2.29. The molecule has 0 bridgehead atoms. The number of morpholine rings is 1. The van der Waals surface area contributed by atoms with Crippen LogP contribution in [0.2, 0.25) is 0 Å². The monoisotopic (exact) mass is 380 g/mol. The summed E-state index contributed by atoms with van der Waals surface area (Å²) < 4.78 is 7.28. The number of carbonyl (C=O) groups excluding carboxylic acids is 1. The highest BCUT2D eigenvalue weighted by Crippen LogP contribution is 2.27. The maximum Gasteiger partial charge on any atom is 0.319 e. The number of ether oxygens (including phenoxy) is 1. The van der Waals surface area contributed by atoms with Crippen molar-refractivity contribution < 1.29 is 9.53 Å². The van der Waals surface area contributed by atoms with Gasteiger partial charge in [0.15, 0.2) is 5.65 Å². The van der Waals surface area contributed by atoms with Crippen molar-refractivity contribution in [2.24, 2.45) is 0 Å². The Morgan fingerprint density at radius 2 is 1.93 bits per heavy atom. The summed E-state index contributed by atoms with van der Waals surface area (Å²) in [6.07, 6.45) is 3.62. The van der Waals surface area contributed by atoms with E-state index in [9.17, 15) is 4.79 Å². The van der Waals surface area contributed by atoms with E-state index in [0.29, 0.717) is 13.2 Å². The Bertz CT molecular complexity index is 960. The largest absolute Gasteiger partial charge is 0.378 e. The number of aromatic nitrogens is 3. The van der Waals surface area contributed by atoms with Crippen LogP contribution >= 0.6 is 0 Å². The van der Waals surface area contributed by atoms with Crippen LogP contribution in [-0.4, -0.2) is 53.0 Å². The molecule has 1 aromatic carbocycles. The van der Waals surface area contributed by atoms with Crippen LogP contribution < -0.4 is 15.5 Å². The van der Waals surface area contributed by atoms with E-state index in [2.05, 4.69) is 31.7 Å². The third-order valence-electron chi connectivity index (χ3n) is 4.55. The second-order valence-electron chi connectivity index (χ2n) is 7.04. The number of hydrogen-bond acceptors (Lipinski definition) is 5. The highest BCUT2D eigenvalue weighted by molar-refractivity contribution is 5.89. The van der Waals surface area contributed by atoms with Crippen LogP contribution in [0, 0.1) is 0 Å². The minimum absolute atomic E-state index is 0.0870. The van der Waals surface area contributed by atoms with Crippen molar-refractivity contribution in [1.29, 1.82) is 0 Å². The summed E-state index contributed by atoms with van der Waals surface area (Å²) in [7, 11) is 0. The smallest absolute Gasteiger partial charge is 0.319 e. The molecule has 8 nitrogen and oxygen atoms in total. The van der Waals surface area contributed by atoms with Crippen LogP contribution in [0.1, 0.15) is 13.8 Å². The number of anilines is 2. The van der Waals surface area contributed by atoms with Gasteiger partial charge in [0.05, 0.1) is 24.6 Å². The molecule has 0 radical (unpaired) electrons. The predicted molar refractivity (Wildman–Crippen MR) is 109 cm³/mol. The molecule has 1 aliphatic heterocycles. The SMILES string of the molecule is CC(C)NC(=O)Nc1ccc(-c2cc(N3CCOCC3)c3nccn3n2)cc1. The van der Waals surface area contributed by atoms with E-state index in [-0.39, 0.29) is 12.1 Å². The zero-order valence-electron chi connectivity index (χ0n) is 16.1. The van der Waals surface area contributed by atoms with E-state index < -0.39 is 0 Å².